The van der Waals surface area contributed by atoms with Gasteiger partial charge in [0.05, 0.1) is 0 Å². The van der Waals surface area contributed by atoms with E-state index in [0.717, 1.165) is 4.90 Å². The van der Waals surface area contributed by atoms with Crippen LogP contribution in [0.2, 0.25) is 0 Å². The summed E-state index contributed by atoms with van der Waals surface area (Å²) >= 11 is 0. The van der Waals surface area contributed by atoms with Gasteiger partial charge in [-0.25, -0.2) is 9.18 Å². The third-order valence-corrected chi connectivity index (χ3v) is 4.32. The van der Waals surface area contributed by atoms with Gasteiger partial charge in [-0.2, -0.15) is 0 Å². The van der Waals surface area contributed by atoms with Gasteiger partial charge in [0.1, 0.15) is 18.4 Å². The fourth-order valence-corrected chi connectivity index (χ4v) is 3.03. The number of halogens is 1. The Bertz CT molecular complexity index is 977. The first-order chi connectivity index (χ1) is 13.8. The Hall–Kier alpha value is -3.75. The van der Waals surface area contributed by atoms with Crippen molar-refractivity contribution in [3.8, 4) is 0 Å². The van der Waals surface area contributed by atoms with Crippen LogP contribution in [0.25, 0.3) is 0 Å². The Balaban J connectivity index is 1.70. The van der Waals surface area contributed by atoms with Crippen LogP contribution in [0.5, 0.6) is 0 Å². The summed E-state index contributed by atoms with van der Waals surface area (Å²) in [6.45, 7) is 2.44. The Morgan fingerprint density at radius 1 is 1.03 bits per heavy atom. The van der Waals surface area contributed by atoms with Crippen molar-refractivity contribution in [1.82, 2.24) is 4.90 Å². The molecule has 1 atom stereocenters. The normalized spacial score (nSPS) is 16.2. The van der Waals surface area contributed by atoms with Gasteiger partial charge in [0, 0.05) is 24.0 Å². The molecule has 0 bridgehead atoms. The lowest BCUT2D eigenvalue weighted by Gasteiger charge is -2.19. The average Bonchev–Trinajstić information content (AvgIpc) is 2.86. The standard InChI is InChI=1S/C20H19FN4O4/c1-12-19(28)24(20(29)25(12)17-8-6-14(21)7-9-17)11-18(27)23-16-5-3-4-15(10-16)22-13(2)26/h3-10,12H,11H2,1-2H3,(H,22,26)(H,23,27)/t12-/m1/s1. The molecule has 8 nitrogen and oxygen atoms in total. The van der Waals surface area contributed by atoms with E-state index in [-0.39, 0.29) is 5.91 Å². The molecule has 150 valence electrons. The Kier molecular flexibility index (Phi) is 5.58. The summed E-state index contributed by atoms with van der Waals surface area (Å²) in [5, 5.41) is 5.19. The fourth-order valence-electron chi connectivity index (χ4n) is 3.03. The van der Waals surface area contributed by atoms with Gasteiger partial charge in [0.2, 0.25) is 11.8 Å². The lowest BCUT2D eigenvalue weighted by Crippen LogP contribution is -2.39. The molecule has 3 rings (SSSR count). The van der Waals surface area contributed by atoms with Crippen LogP contribution < -0.4 is 15.5 Å². The molecule has 2 aromatic carbocycles. The summed E-state index contributed by atoms with van der Waals surface area (Å²) < 4.78 is 13.1. The smallest absolute Gasteiger partial charge is 0.326 e. The molecule has 5 amide bonds. The maximum atomic E-state index is 13.1. The summed E-state index contributed by atoms with van der Waals surface area (Å²) in [5.41, 5.74) is 1.27. The van der Waals surface area contributed by atoms with Crippen LogP contribution in [-0.4, -0.2) is 41.2 Å². The van der Waals surface area contributed by atoms with Gasteiger partial charge in [0.25, 0.3) is 5.91 Å². The summed E-state index contributed by atoms with van der Waals surface area (Å²) in [7, 11) is 0. The molecule has 0 saturated carbocycles. The number of amides is 5. The van der Waals surface area contributed by atoms with Crippen molar-refractivity contribution in [3.63, 3.8) is 0 Å². The number of rotatable bonds is 5. The number of nitrogens with zero attached hydrogens (tertiary/aromatic N) is 2. The minimum absolute atomic E-state index is 0.253. The quantitative estimate of drug-likeness (QED) is 0.757. The van der Waals surface area contributed by atoms with Crippen molar-refractivity contribution >= 4 is 40.8 Å². The minimum atomic E-state index is -0.816. The monoisotopic (exact) mass is 398 g/mol. The second-order valence-corrected chi connectivity index (χ2v) is 6.54. The van der Waals surface area contributed by atoms with E-state index >= 15 is 0 Å². The van der Waals surface area contributed by atoms with E-state index in [1.54, 1.807) is 31.2 Å². The summed E-state index contributed by atoms with van der Waals surface area (Å²) in [4.78, 5) is 50.8. The number of anilines is 3. The van der Waals surface area contributed by atoms with Gasteiger partial charge >= 0.3 is 6.03 Å². The Morgan fingerprint density at radius 2 is 1.66 bits per heavy atom. The highest BCUT2D eigenvalue weighted by atomic mass is 19.1. The summed E-state index contributed by atoms with van der Waals surface area (Å²) in [6, 6.07) is 10.2. The zero-order valence-electron chi connectivity index (χ0n) is 15.8. The molecular formula is C20H19FN4O4. The molecule has 0 unspecified atom stereocenters. The number of imide groups is 1. The molecular weight excluding hydrogens is 379 g/mol. The van der Waals surface area contributed by atoms with E-state index in [9.17, 15) is 23.6 Å². The van der Waals surface area contributed by atoms with Crippen LogP contribution in [0.1, 0.15) is 13.8 Å². The third kappa shape index (κ3) is 4.40. The zero-order chi connectivity index (χ0) is 21.1. The number of urea groups is 1. The molecule has 1 saturated heterocycles. The molecule has 1 fully saturated rings. The summed E-state index contributed by atoms with van der Waals surface area (Å²) in [5.74, 6) is -1.81. The molecule has 9 heteroatoms. The zero-order valence-corrected chi connectivity index (χ0v) is 15.8. The molecule has 0 radical (unpaired) electrons. The van der Waals surface area contributed by atoms with E-state index in [4.69, 9.17) is 0 Å². The largest absolute Gasteiger partial charge is 0.332 e. The molecule has 1 heterocycles. The second-order valence-electron chi connectivity index (χ2n) is 6.54. The van der Waals surface area contributed by atoms with Crippen molar-refractivity contribution in [2.45, 2.75) is 19.9 Å². The predicted molar refractivity (Wildman–Crippen MR) is 105 cm³/mol. The minimum Gasteiger partial charge on any atom is -0.326 e. The number of nitrogens with one attached hydrogen (secondary N) is 2. The van der Waals surface area contributed by atoms with Gasteiger partial charge in [-0.1, -0.05) is 6.07 Å². The first-order valence-corrected chi connectivity index (χ1v) is 8.84. The second kappa shape index (κ2) is 8.09. The van der Waals surface area contributed by atoms with Crippen LogP contribution in [-0.2, 0) is 14.4 Å². The Morgan fingerprint density at radius 3 is 2.28 bits per heavy atom. The van der Waals surface area contributed by atoms with Gasteiger partial charge in [0.15, 0.2) is 0 Å². The van der Waals surface area contributed by atoms with Crippen molar-refractivity contribution in [2.75, 3.05) is 22.1 Å². The maximum absolute atomic E-state index is 13.1. The van der Waals surface area contributed by atoms with Gasteiger partial charge in [-0.05, 0) is 49.4 Å². The molecule has 0 aromatic heterocycles. The van der Waals surface area contributed by atoms with Crippen LogP contribution in [0.15, 0.2) is 48.5 Å². The maximum Gasteiger partial charge on any atom is 0.332 e. The average molecular weight is 398 g/mol. The van der Waals surface area contributed by atoms with Crippen molar-refractivity contribution in [2.24, 2.45) is 0 Å². The first-order valence-electron chi connectivity index (χ1n) is 8.84. The fraction of sp³-hybridized carbons (Fsp3) is 0.200. The number of carbonyl (C=O) groups excluding carboxylic acids is 4. The van der Waals surface area contributed by atoms with Crippen molar-refractivity contribution in [1.29, 1.82) is 0 Å². The lowest BCUT2D eigenvalue weighted by molar-refractivity contribution is -0.130. The lowest BCUT2D eigenvalue weighted by atomic mass is 10.2. The number of benzene rings is 2. The highest BCUT2D eigenvalue weighted by Gasteiger charge is 2.44. The molecule has 2 aromatic rings. The molecule has 2 N–H and O–H groups in total. The van der Waals surface area contributed by atoms with Crippen molar-refractivity contribution in [3.05, 3.63) is 54.3 Å². The summed E-state index contributed by atoms with van der Waals surface area (Å²) in [6.07, 6.45) is 0. The van der Waals surface area contributed by atoms with E-state index < -0.39 is 36.2 Å². The van der Waals surface area contributed by atoms with E-state index in [0.29, 0.717) is 17.1 Å². The molecule has 0 spiro atoms. The van der Waals surface area contributed by atoms with Crippen LogP contribution in [0, 0.1) is 5.82 Å². The number of hydrogen-bond donors (Lipinski definition) is 2. The first kappa shape index (κ1) is 20.0. The molecule has 0 aliphatic carbocycles. The Labute approximate surface area is 166 Å². The number of hydrogen-bond acceptors (Lipinski definition) is 4. The van der Waals surface area contributed by atoms with Gasteiger partial charge < -0.3 is 10.6 Å². The molecule has 1 aliphatic rings. The predicted octanol–water partition coefficient (Wildman–Crippen LogP) is 2.58. The van der Waals surface area contributed by atoms with E-state index in [1.165, 1.54) is 36.1 Å². The van der Waals surface area contributed by atoms with Gasteiger partial charge in [-0.15, -0.1) is 0 Å². The van der Waals surface area contributed by atoms with Crippen LogP contribution >= 0.6 is 0 Å². The van der Waals surface area contributed by atoms with Crippen molar-refractivity contribution < 1.29 is 23.6 Å². The van der Waals surface area contributed by atoms with Crippen LogP contribution in [0.4, 0.5) is 26.2 Å². The van der Waals surface area contributed by atoms with Crippen LogP contribution in [0.3, 0.4) is 0 Å². The topological polar surface area (TPSA) is 98.8 Å². The number of carbonyl (C=O) groups is 4. The molecule has 1 aliphatic heterocycles. The van der Waals surface area contributed by atoms with E-state index in [1.807, 2.05) is 0 Å². The SMILES string of the molecule is CC(=O)Nc1cccc(NC(=O)CN2C(=O)[C@@H](C)N(c3ccc(F)cc3)C2=O)c1. The molecule has 29 heavy (non-hydrogen) atoms. The van der Waals surface area contributed by atoms with Gasteiger partial charge in [-0.3, -0.25) is 24.2 Å². The highest BCUT2D eigenvalue weighted by Crippen LogP contribution is 2.26. The third-order valence-electron chi connectivity index (χ3n) is 4.32. The highest BCUT2D eigenvalue weighted by molar-refractivity contribution is 6.16. The van der Waals surface area contributed by atoms with E-state index in [2.05, 4.69) is 10.6 Å².